The Kier molecular flexibility index (Phi) is 4.46. The van der Waals surface area contributed by atoms with Gasteiger partial charge in [-0.2, -0.15) is 0 Å². The molecule has 0 radical (unpaired) electrons. The summed E-state index contributed by atoms with van der Waals surface area (Å²) in [5.74, 6) is -0.688. The van der Waals surface area contributed by atoms with E-state index in [4.69, 9.17) is 0 Å². The normalized spacial score (nSPS) is 11.0. The van der Waals surface area contributed by atoms with E-state index in [-0.39, 0.29) is 16.5 Å². The Balaban J connectivity index is 2.25. The molecule has 0 saturated carbocycles. The lowest BCUT2D eigenvalue weighted by atomic mass is 10.3. The third kappa shape index (κ3) is 3.62. The first-order chi connectivity index (χ1) is 10.3. The highest BCUT2D eigenvalue weighted by molar-refractivity contribution is 7.92. The molecule has 0 heterocycles. The zero-order valence-electron chi connectivity index (χ0n) is 12.1. The number of nitrogens with zero attached hydrogens (tertiary/aromatic N) is 1. The van der Waals surface area contributed by atoms with Crippen LogP contribution in [0, 0.1) is 5.82 Å². The van der Waals surface area contributed by atoms with E-state index in [1.807, 2.05) is 0 Å². The van der Waals surface area contributed by atoms with Crippen LogP contribution in [0.4, 0.5) is 15.8 Å². The van der Waals surface area contributed by atoms with Crippen molar-refractivity contribution in [2.45, 2.75) is 11.8 Å². The lowest BCUT2D eigenvalue weighted by Crippen LogP contribution is -2.22. The Morgan fingerprint density at radius 2 is 1.77 bits per heavy atom. The van der Waals surface area contributed by atoms with Crippen LogP contribution in [-0.2, 0) is 14.8 Å². The molecule has 1 amide bonds. The third-order valence-corrected chi connectivity index (χ3v) is 4.48. The van der Waals surface area contributed by atoms with Crippen molar-refractivity contribution >= 4 is 27.3 Å². The van der Waals surface area contributed by atoms with Crippen molar-refractivity contribution in [3.8, 4) is 0 Å². The van der Waals surface area contributed by atoms with E-state index < -0.39 is 15.8 Å². The van der Waals surface area contributed by atoms with Crippen molar-refractivity contribution < 1.29 is 17.6 Å². The van der Waals surface area contributed by atoms with E-state index in [9.17, 15) is 17.6 Å². The van der Waals surface area contributed by atoms with E-state index in [1.54, 1.807) is 7.05 Å². The van der Waals surface area contributed by atoms with Gasteiger partial charge in [0, 0.05) is 19.7 Å². The summed E-state index contributed by atoms with van der Waals surface area (Å²) in [6.07, 6.45) is 0. The highest BCUT2D eigenvalue weighted by Crippen LogP contribution is 2.20. The largest absolute Gasteiger partial charge is 0.316 e. The number of carbonyl (C=O) groups excluding carboxylic acids is 1. The fourth-order valence-electron chi connectivity index (χ4n) is 1.80. The summed E-state index contributed by atoms with van der Waals surface area (Å²) in [5.41, 5.74) is 0.724. The predicted octanol–water partition coefficient (Wildman–Crippen LogP) is 2.61. The Labute approximate surface area is 128 Å². The van der Waals surface area contributed by atoms with Gasteiger partial charge in [-0.3, -0.25) is 9.52 Å². The van der Waals surface area contributed by atoms with E-state index in [2.05, 4.69) is 4.72 Å². The van der Waals surface area contributed by atoms with Gasteiger partial charge in [-0.05, 0) is 42.5 Å². The molecule has 0 spiro atoms. The van der Waals surface area contributed by atoms with Crippen LogP contribution in [-0.4, -0.2) is 21.4 Å². The first-order valence-corrected chi connectivity index (χ1v) is 7.91. The second-order valence-corrected chi connectivity index (χ2v) is 6.37. The van der Waals surface area contributed by atoms with Gasteiger partial charge in [-0.15, -0.1) is 0 Å². The van der Waals surface area contributed by atoms with Crippen molar-refractivity contribution in [3.05, 3.63) is 54.3 Å². The van der Waals surface area contributed by atoms with Gasteiger partial charge >= 0.3 is 0 Å². The smallest absolute Gasteiger partial charge is 0.261 e. The van der Waals surface area contributed by atoms with E-state index in [0.717, 1.165) is 6.07 Å². The molecule has 2 aromatic carbocycles. The fraction of sp³-hybridized carbons (Fsp3) is 0.133. The van der Waals surface area contributed by atoms with Crippen molar-refractivity contribution in [3.63, 3.8) is 0 Å². The maximum atomic E-state index is 13.1. The number of amides is 1. The summed E-state index contributed by atoms with van der Waals surface area (Å²) in [5, 5.41) is 0. The highest BCUT2D eigenvalue weighted by Gasteiger charge is 2.15. The van der Waals surface area contributed by atoms with Crippen molar-refractivity contribution in [2.24, 2.45) is 0 Å². The third-order valence-electron chi connectivity index (χ3n) is 3.08. The number of rotatable bonds is 4. The lowest BCUT2D eigenvalue weighted by Gasteiger charge is -2.15. The molecule has 22 heavy (non-hydrogen) atoms. The van der Waals surface area contributed by atoms with E-state index >= 15 is 0 Å². The van der Waals surface area contributed by atoms with E-state index in [0.29, 0.717) is 5.69 Å². The average molecular weight is 322 g/mol. The van der Waals surface area contributed by atoms with Crippen LogP contribution in [0.5, 0.6) is 0 Å². The summed E-state index contributed by atoms with van der Waals surface area (Å²) in [4.78, 5) is 12.7. The number of hydrogen-bond donors (Lipinski definition) is 1. The quantitative estimate of drug-likeness (QED) is 0.941. The monoisotopic (exact) mass is 322 g/mol. The average Bonchev–Trinajstić information content (AvgIpc) is 2.46. The molecule has 0 aromatic heterocycles. The molecular formula is C15H15FN2O3S. The number of sulfonamides is 1. The molecule has 0 unspecified atom stereocenters. The van der Waals surface area contributed by atoms with Crippen LogP contribution in [0.2, 0.25) is 0 Å². The van der Waals surface area contributed by atoms with Gasteiger partial charge in [0.15, 0.2) is 0 Å². The summed E-state index contributed by atoms with van der Waals surface area (Å²) < 4.78 is 39.8. The van der Waals surface area contributed by atoms with Gasteiger partial charge in [0.2, 0.25) is 5.91 Å². The zero-order chi connectivity index (χ0) is 16.3. The molecule has 2 aromatic rings. The van der Waals surface area contributed by atoms with Gasteiger partial charge in [0.1, 0.15) is 5.82 Å². The summed E-state index contributed by atoms with van der Waals surface area (Å²) in [6.45, 7) is 1.41. The van der Waals surface area contributed by atoms with Crippen LogP contribution in [0.25, 0.3) is 0 Å². The Hall–Kier alpha value is -2.41. The van der Waals surface area contributed by atoms with Crippen molar-refractivity contribution in [1.82, 2.24) is 0 Å². The zero-order valence-corrected chi connectivity index (χ0v) is 12.9. The molecule has 0 saturated heterocycles. The molecule has 0 aliphatic carbocycles. The van der Waals surface area contributed by atoms with Crippen LogP contribution >= 0.6 is 0 Å². The minimum Gasteiger partial charge on any atom is -0.316 e. The number of carbonyl (C=O) groups is 1. The topological polar surface area (TPSA) is 66.5 Å². The molecule has 0 bridgehead atoms. The molecule has 5 nitrogen and oxygen atoms in total. The summed E-state index contributed by atoms with van der Waals surface area (Å²) in [7, 11) is -2.22. The first kappa shape index (κ1) is 16.0. The minimum absolute atomic E-state index is 0.0254. The van der Waals surface area contributed by atoms with Gasteiger partial charge in [-0.25, -0.2) is 12.8 Å². The number of benzene rings is 2. The first-order valence-electron chi connectivity index (χ1n) is 6.42. The summed E-state index contributed by atoms with van der Waals surface area (Å²) in [6, 6.07) is 11.0. The lowest BCUT2D eigenvalue weighted by molar-refractivity contribution is -0.116. The summed E-state index contributed by atoms with van der Waals surface area (Å²) >= 11 is 0. The van der Waals surface area contributed by atoms with Crippen LogP contribution in [0.1, 0.15) is 6.92 Å². The highest BCUT2D eigenvalue weighted by atomic mass is 32.2. The molecule has 0 atom stereocenters. The molecule has 7 heteroatoms. The maximum Gasteiger partial charge on any atom is 0.261 e. The minimum atomic E-state index is -3.81. The second-order valence-electron chi connectivity index (χ2n) is 4.69. The number of anilines is 2. The number of halogens is 1. The van der Waals surface area contributed by atoms with E-state index in [1.165, 1.54) is 54.3 Å². The van der Waals surface area contributed by atoms with Gasteiger partial charge < -0.3 is 4.90 Å². The number of hydrogen-bond acceptors (Lipinski definition) is 3. The predicted molar refractivity (Wildman–Crippen MR) is 82.7 cm³/mol. The van der Waals surface area contributed by atoms with Crippen LogP contribution in [0.15, 0.2) is 53.4 Å². The molecular weight excluding hydrogens is 307 g/mol. The van der Waals surface area contributed by atoms with Gasteiger partial charge in [-0.1, -0.05) is 6.07 Å². The second kappa shape index (κ2) is 6.15. The molecule has 0 aliphatic heterocycles. The van der Waals surface area contributed by atoms with Gasteiger partial charge in [0.05, 0.1) is 10.6 Å². The molecule has 1 N–H and O–H groups in total. The Morgan fingerprint density at radius 3 is 2.32 bits per heavy atom. The standard InChI is InChI=1S/C15H15FN2O3S/c1-11(19)18(2)14-6-8-15(9-7-14)22(20,21)17-13-5-3-4-12(16)10-13/h3-10,17H,1-2H3. The number of nitrogens with one attached hydrogen (secondary N) is 1. The SMILES string of the molecule is CC(=O)N(C)c1ccc(S(=O)(=O)Nc2cccc(F)c2)cc1. The fourth-order valence-corrected chi connectivity index (χ4v) is 2.85. The van der Waals surface area contributed by atoms with Crippen LogP contribution < -0.4 is 9.62 Å². The van der Waals surface area contributed by atoms with Crippen molar-refractivity contribution in [1.29, 1.82) is 0 Å². The molecule has 0 aliphatic rings. The molecule has 116 valence electrons. The molecule has 0 fully saturated rings. The van der Waals surface area contributed by atoms with Crippen molar-refractivity contribution in [2.75, 3.05) is 16.7 Å². The maximum absolute atomic E-state index is 13.1. The molecule has 2 rings (SSSR count). The van der Waals surface area contributed by atoms with Crippen LogP contribution in [0.3, 0.4) is 0 Å². The Morgan fingerprint density at radius 1 is 1.14 bits per heavy atom. The Bertz CT molecular complexity index is 789. The van der Waals surface area contributed by atoms with Gasteiger partial charge in [0.25, 0.3) is 10.0 Å².